The van der Waals surface area contributed by atoms with Gasteiger partial charge in [0.2, 0.25) is 5.95 Å². The molecule has 2 heterocycles. The van der Waals surface area contributed by atoms with E-state index in [-0.39, 0.29) is 17.7 Å². The summed E-state index contributed by atoms with van der Waals surface area (Å²) in [5.74, 6) is 0.401. The van der Waals surface area contributed by atoms with Crippen LogP contribution in [0.2, 0.25) is 0 Å². The van der Waals surface area contributed by atoms with Gasteiger partial charge in [0.05, 0.1) is 11.2 Å². The molecule has 2 rings (SSSR count). The summed E-state index contributed by atoms with van der Waals surface area (Å²) in [7, 11) is -0.472. The fourth-order valence-corrected chi connectivity index (χ4v) is 1.69. The van der Waals surface area contributed by atoms with Crippen LogP contribution in [0.3, 0.4) is 0 Å². The minimum absolute atomic E-state index is 0.204. The average Bonchev–Trinajstić information content (AvgIpc) is 2.56. The molecule has 0 aliphatic carbocycles. The third-order valence-electron chi connectivity index (χ3n) is 3.57. The molecule has 1 aliphatic heterocycles. The predicted octanol–water partition coefficient (Wildman–Crippen LogP) is 1.16. The molecule has 0 bridgehead atoms. The Balaban J connectivity index is 2.08. The minimum atomic E-state index is -0.472. The third-order valence-corrected chi connectivity index (χ3v) is 3.57. The topological polar surface area (TPSA) is 56.3 Å². The monoisotopic (exact) mass is 267 g/mol. The van der Waals surface area contributed by atoms with Crippen molar-refractivity contribution >= 4 is 18.5 Å². The van der Waals surface area contributed by atoms with Gasteiger partial charge >= 0.3 is 7.12 Å². The number of aromatic nitrogens is 2. The summed E-state index contributed by atoms with van der Waals surface area (Å²) in [5.41, 5.74) is -0.0181. The first kappa shape index (κ1) is 14.2. The second-order valence-electron chi connectivity index (χ2n) is 5.54. The van der Waals surface area contributed by atoms with E-state index in [1.54, 1.807) is 12.4 Å². The van der Waals surface area contributed by atoms with E-state index in [2.05, 4.69) is 15.3 Å². The van der Waals surface area contributed by atoms with Gasteiger partial charge in [-0.1, -0.05) is 0 Å². The van der Waals surface area contributed by atoms with E-state index in [1.165, 1.54) is 0 Å². The molecule has 0 amide bonds. The zero-order valence-electron chi connectivity index (χ0n) is 11.7. The maximum atomic E-state index is 12.0. The number of rotatable bonds is 4. The lowest BCUT2D eigenvalue weighted by Gasteiger charge is -2.32. The quantitative estimate of drug-likeness (QED) is 0.829. The molecule has 0 unspecified atom stereocenters. The van der Waals surface area contributed by atoms with Gasteiger partial charge in [-0.2, -0.15) is 0 Å². The summed E-state index contributed by atoms with van der Waals surface area (Å²) in [5, 5.41) is 2.77. The van der Waals surface area contributed by atoms with Crippen molar-refractivity contribution in [3.8, 4) is 0 Å². The maximum Gasteiger partial charge on any atom is 0.498 e. The highest BCUT2D eigenvalue weighted by molar-refractivity contribution is 6.61. The Morgan fingerprint density at radius 2 is 1.68 bits per heavy atom. The summed E-state index contributed by atoms with van der Waals surface area (Å²) in [4.78, 5) is 8.21. The van der Waals surface area contributed by atoms with Crippen LogP contribution in [0.5, 0.6) is 0 Å². The van der Waals surface area contributed by atoms with Crippen LogP contribution in [0, 0.1) is 0 Å². The van der Waals surface area contributed by atoms with Crippen LogP contribution in [0.1, 0.15) is 27.7 Å². The number of hydrogen-bond acceptors (Lipinski definition) is 5. The normalized spacial score (nSPS) is 20.6. The summed E-state index contributed by atoms with van der Waals surface area (Å²) in [6, 6.07) is 0. The van der Waals surface area contributed by atoms with Gasteiger partial charge < -0.3 is 14.6 Å². The molecule has 0 spiro atoms. The van der Waals surface area contributed by atoms with Gasteiger partial charge in [0.15, 0.2) is 0 Å². The average molecular weight is 267 g/mol. The Kier molecular flexibility index (Phi) is 3.78. The Morgan fingerprint density at radius 1 is 1.16 bits per heavy atom. The van der Waals surface area contributed by atoms with Crippen molar-refractivity contribution in [1.29, 1.82) is 0 Å². The van der Waals surface area contributed by atoms with E-state index in [9.17, 15) is 4.39 Å². The van der Waals surface area contributed by atoms with E-state index < -0.39 is 13.8 Å². The lowest BCUT2D eigenvalue weighted by Crippen LogP contribution is -2.41. The van der Waals surface area contributed by atoms with Crippen LogP contribution in [0.15, 0.2) is 12.4 Å². The lowest BCUT2D eigenvalue weighted by atomic mass is 9.81. The Hall–Kier alpha value is -1.21. The van der Waals surface area contributed by atoms with Crippen LogP contribution in [0.4, 0.5) is 10.3 Å². The zero-order chi connectivity index (χ0) is 14.1. The molecule has 0 aromatic carbocycles. The molecule has 104 valence electrons. The summed E-state index contributed by atoms with van der Waals surface area (Å²) in [6.45, 7) is 7.71. The van der Waals surface area contributed by atoms with Gasteiger partial charge in [-0.3, -0.25) is 0 Å². The number of anilines is 1. The molecule has 19 heavy (non-hydrogen) atoms. The van der Waals surface area contributed by atoms with Crippen LogP contribution < -0.4 is 10.8 Å². The first-order chi connectivity index (χ1) is 8.86. The van der Waals surface area contributed by atoms with Crippen LogP contribution in [0.25, 0.3) is 0 Å². The van der Waals surface area contributed by atoms with Crippen LogP contribution >= 0.6 is 0 Å². The third kappa shape index (κ3) is 2.87. The molecule has 0 atom stereocenters. The number of nitrogens with zero attached hydrogens (tertiary/aromatic N) is 2. The molecule has 5 nitrogen and oxygen atoms in total. The maximum absolute atomic E-state index is 12.0. The van der Waals surface area contributed by atoms with Crippen molar-refractivity contribution in [1.82, 2.24) is 9.97 Å². The molecular weight excluding hydrogens is 248 g/mol. The van der Waals surface area contributed by atoms with Crippen LogP contribution in [-0.2, 0) is 9.31 Å². The van der Waals surface area contributed by atoms with E-state index in [0.717, 1.165) is 5.46 Å². The number of alkyl halides is 1. The van der Waals surface area contributed by atoms with Gasteiger partial charge in [0.25, 0.3) is 0 Å². The highest BCUT2D eigenvalue weighted by Gasteiger charge is 2.51. The molecule has 0 radical (unpaired) electrons. The van der Waals surface area contributed by atoms with Gasteiger partial charge in [0.1, 0.15) is 6.67 Å². The van der Waals surface area contributed by atoms with Gasteiger partial charge in [-0.25, -0.2) is 14.4 Å². The van der Waals surface area contributed by atoms with Crippen molar-refractivity contribution < 1.29 is 13.7 Å². The van der Waals surface area contributed by atoms with E-state index in [1.807, 2.05) is 27.7 Å². The molecule has 1 aromatic heterocycles. The second-order valence-corrected chi connectivity index (χ2v) is 5.54. The fraction of sp³-hybridized carbons (Fsp3) is 0.667. The Labute approximate surface area is 113 Å². The number of nitrogens with one attached hydrogen (secondary N) is 1. The van der Waals surface area contributed by atoms with Crippen molar-refractivity contribution in [2.45, 2.75) is 38.9 Å². The lowest BCUT2D eigenvalue weighted by molar-refractivity contribution is 0.00578. The number of halogens is 1. The minimum Gasteiger partial charge on any atom is -0.399 e. The SMILES string of the molecule is CC1(C)OB(c2cnc(NCCF)nc2)OC1(C)C. The highest BCUT2D eigenvalue weighted by atomic mass is 19.1. The Morgan fingerprint density at radius 3 is 2.16 bits per heavy atom. The van der Waals surface area contributed by atoms with Crippen LogP contribution in [-0.4, -0.2) is 41.5 Å². The molecule has 0 saturated carbocycles. The highest BCUT2D eigenvalue weighted by Crippen LogP contribution is 2.36. The first-order valence-corrected chi connectivity index (χ1v) is 6.33. The standard InChI is InChI=1S/C12H19BFN3O2/c1-11(2)12(3,4)19-13(18-11)9-7-16-10(17-8-9)15-6-5-14/h7-8H,5-6H2,1-4H3,(H,15,16,17). The second kappa shape index (κ2) is 5.05. The van der Waals surface area contributed by atoms with E-state index >= 15 is 0 Å². The molecular formula is C12H19BFN3O2. The fourth-order valence-electron chi connectivity index (χ4n) is 1.69. The molecule has 1 fully saturated rings. The van der Waals surface area contributed by atoms with Gasteiger partial charge in [-0.15, -0.1) is 0 Å². The van der Waals surface area contributed by atoms with Crippen molar-refractivity contribution in [3.63, 3.8) is 0 Å². The summed E-state index contributed by atoms with van der Waals surface area (Å²) in [6.07, 6.45) is 3.27. The number of hydrogen-bond donors (Lipinski definition) is 1. The zero-order valence-corrected chi connectivity index (χ0v) is 11.7. The van der Waals surface area contributed by atoms with Crippen molar-refractivity contribution in [2.75, 3.05) is 18.5 Å². The molecule has 1 aromatic rings. The summed E-state index contributed by atoms with van der Waals surface area (Å²) >= 11 is 0. The summed E-state index contributed by atoms with van der Waals surface area (Å²) < 4.78 is 23.8. The predicted molar refractivity (Wildman–Crippen MR) is 72.2 cm³/mol. The van der Waals surface area contributed by atoms with Gasteiger partial charge in [0, 0.05) is 24.4 Å². The molecule has 1 saturated heterocycles. The van der Waals surface area contributed by atoms with Gasteiger partial charge in [-0.05, 0) is 27.7 Å². The largest absolute Gasteiger partial charge is 0.498 e. The van der Waals surface area contributed by atoms with E-state index in [4.69, 9.17) is 9.31 Å². The first-order valence-electron chi connectivity index (χ1n) is 6.33. The van der Waals surface area contributed by atoms with Crippen molar-refractivity contribution in [2.24, 2.45) is 0 Å². The molecule has 1 N–H and O–H groups in total. The van der Waals surface area contributed by atoms with E-state index in [0.29, 0.717) is 5.95 Å². The van der Waals surface area contributed by atoms with Crippen molar-refractivity contribution in [3.05, 3.63) is 12.4 Å². The molecule has 7 heteroatoms. The Bertz CT molecular complexity index is 423. The smallest absolute Gasteiger partial charge is 0.399 e. The molecule has 1 aliphatic rings.